The first-order chi connectivity index (χ1) is 23.6. The molecule has 0 N–H and O–H groups in total. The number of ether oxygens (including phenoxy) is 2. The van der Waals surface area contributed by atoms with Crippen LogP contribution in [0.4, 0.5) is 18.4 Å². The number of piperidine rings is 2. The number of amides is 2. The number of azide groups is 1. The predicted molar refractivity (Wildman–Crippen MR) is 186 cm³/mol. The summed E-state index contributed by atoms with van der Waals surface area (Å²) in [5, 5.41) is 12.0. The second kappa shape index (κ2) is 18.0. The number of benzene rings is 2. The van der Waals surface area contributed by atoms with E-state index >= 15 is 0 Å². The van der Waals surface area contributed by atoms with E-state index in [2.05, 4.69) is 26.3 Å². The van der Waals surface area contributed by atoms with Crippen molar-refractivity contribution in [2.24, 2.45) is 5.11 Å². The fourth-order valence-corrected chi connectivity index (χ4v) is 4.96. The summed E-state index contributed by atoms with van der Waals surface area (Å²) < 4.78 is 37.7. The Balaban J connectivity index is 0.000000230. The van der Waals surface area contributed by atoms with Crippen LogP contribution in [0.25, 0.3) is 21.7 Å². The highest BCUT2D eigenvalue weighted by atomic mass is 19.1. The number of halogens is 2. The van der Waals surface area contributed by atoms with Crippen LogP contribution in [0.2, 0.25) is 0 Å². The van der Waals surface area contributed by atoms with Gasteiger partial charge in [-0.2, -0.15) is 0 Å². The largest absolute Gasteiger partial charge is 0.444 e. The van der Waals surface area contributed by atoms with Crippen LogP contribution in [0.1, 0.15) is 78.8 Å². The second-order valence-electron chi connectivity index (χ2n) is 13.8. The summed E-state index contributed by atoms with van der Waals surface area (Å²) in [7, 11) is 0. The Bertz CT molecular complexity index is 1620. The van der Waals surface area contributed by atoms with Crippen molar-refractivity contribution >= 4 is 12.2 Å². The van der Waals surface area contributed by atoms with E-state index < -0.39 is 11.2 Å². The zero-order valence-corrected chi connectivity index (χ0v) is 29.6. The Morgan fingerprint density at radius 1 is 0.840 bits per heavy atom. The summed E-state index contributed by atoms with van der Waals surface area (Å²) in [6.07, 6.45) is 9.37. The van der Waals surface area contributed by atoms with Crippen molar-refractivity contribution in [3.63, 3.8) is 0 Å². The fraction of sp³-hybridized carbons (Fsp3) is 0.500. The lowest BCUT2D eigenvalue weighted by Gasteiger charge is -2.33. The molecular weight excluding hydrogens is 646 g/mol. The summed E-state index contributed by atoms with van der Waals surface area (Å²) in [5.74, 6) is 1.86. The molecule has 0 bridgehead atoms. The molecule has 3 aromatic rings. The zero-order chi connectivity index (χ0) is 36.9. The molecule has 2 aliphatic heterocycles. The molecule has 0 unspecified atom stereocenters. The van der Waals surface area contributed by atoms with Gasteiger partial charge in [-0.05, 0) is 121 Å². The summed E-state index contributed by atoms with van der Waals surface area (Å²) in [4.78, 5) is 30.0. The molecule has 5 rings (SSSR count). The summed E-state index contributed by atoms with van der Waals surface area (Å²) >= 11 is 0. The van der Waals surface area contributed by atoms with Crippen molar-refractivity contribution in [1.82, 2.24) is 24.8 Å². The van der Waals surface area contributed by atoms with Gasteiger partial charge in [0.2, 0.25) is 0 Å². The Labute approximate surface area is 292 Å². The van der Waals surface area contributed by atoms with Gasteiger partial charge in [0.05, 0.1) is 12.2 Å². The van der Waals surface area contributed by atoms with Crippen molar-refractivity contribution < 1.29 is 27.8 Å². The Morgan fingerprint density at radius 2 is 1.30 bits per heavy atom. The van der Waals surface area contributed by atoms with Crippen LogP contribution >= 0.6 is 0 Å². The molecule has 2 saturated heterocycles. The molecule has 2 fully saturated rings. The molecule has 0 atom stereocenters. The number of terminal acetylenes is 1. The van der Waals surface area contributed by atoms with Crippen LogP contribution in [0.3, 0.4) is 0 Å². The first kappa shape index (κ1) is 39.3. The average molecular weight is 693 g/mol. The van der Waals surface area contributed by atoms with E-state index in [4.69, 9.17) is 21.4 Å². The summed E-state index contributed by atoms with van der Waals surface area (Å²) in [6.45, 7) is 13.6. The molecule has 2 aromatic carbocycles. The lowest BCUT2D eigenvalue weighted by atomic mass is 10.1. The van der Waals surface area contributed by atoms with E-state index in [1.807, 2.05) is 52.4 Å². The molecule has 268 valence electrons. The third kappa shape index (κ3) is 13.4. The van der Waals surface area contributed by atoms with Crippen LogP contribution in [-0.2, 0) is 9.47 Å². The summed E-state index contributed by atoms with van der Waals surface area (Å²) in [5.41, 5.74) is 9.61. The van der Waals surface area contributed by atoms with Crippen LogP contribution in [-0.4, -0.2) is 80.4 Å². The van der Waals surface area contributed by atoms with Crippen LogP contribution in [0.15, 0.2) is 59.8 Å². The molecule has 0 radical (unpaired) electrons. The Kier molecular flexibility index (Phi) is 14.2. The Hall–Kier alpha value is -5.15. The highest BCUT2D eigenvalue weighted by Crippen LogP contribution is 2.25. The molecule has 14 heteroatoms. The number of carbonyl (C=O) groups excluding carboxylic acids is 2. The van der Waals surface area contributed by atoms with Gasteiger partial charge in [0.25, 0.3) is 0 Å². The second-order valence-corrected chi connectivity index (χ2v) is 13.8. The molecule has 3 heterocycles. The number of hydrogen-bond acceptors (Lipinski definition) is 7. The SMILES string of the molecule is C#Cc1ccc(F)cc1.CC(C)(C)OC(=O)N1CCC(N=[N+]=[N-])CC1.CC(C)(C)OC(=O)N1CCC(n2cc(-c3ccc(F)cc3)nn2)CC1. The van der Waals surface area contributed by atoms with E-state index in [-0.39, 0.29) is 35.9 Å². The highest BCUT2D eigenvalue weighted by Gasteiger charge is 2.28. The van der Waals surface area contributed by atoms with Gasteiger partial charge in [-0.25, -0.2) is 23.1 Å². The average Bonchev–Trinajstić information content (AvgIpc) is 3.56. The van der Waals surface area contributed by atoms with Gasteiger partial charge in [0.1, 0.15) is 28.5 Å². The third-order valence-electron chi connectivity index (χ3n) is 7.48. The number of aromatic nitrogens is 3. The molecule has 50 heavy (non-hydrogen) atoms. The monoisotopic (exact) mass is 692 g/mol. The maximum absolute atomic E-state index is 13.0. The molecule has 2 aliphatic rings. The number of carbonyl (C=O) groups is 2. The van der Waals surface area contributed by atoms with Gasteiger partial charge in [-0.1, -0.05) is 16.2 Å². The van der Waals surface area contributed by atoms with Gasteiger partial charge in [-0.3, -0.25) is 0 Å². The van der Waals surface area contributed by atoms with E-state index in [0.717, 1.165) is 24.1 Å². The van der Waals surface area contributed by atoms with Crippen LogP contribution in [0.5, 0.6) is 0 Å². The number of rotatable bonds is 3. The van der Waals surface area contributed by atoms with Crippen molar-refractivity contribution in [3.05, 3.63) is 82.4 Å². The van der Waals surface area contributed by atoms with Gasteiger partial charge in [-0.15, -0.1) is 11.5 Å². The normalized spacial score (nSPS) is 15.3. The fourth-order valence-electron chi connectivity index (χ4n) is 4.96. The maximum atomic E-state index is 13.0. The van der Waals surface area contributed by atoms with Crippen molar-refractivity contribution in [2.45, 2.75) is 90.5 Å². The molecule has 0 spiro atoms. The molecule has 12 nitrogen and oxygen atoms in total. The number of hydrogen-bond donors (Lipinski definition) is 0. The molecule has 1 aromatic heterocycles. The minimum Gasteiger partial charge on any atom is -0.444 e. The standard InChI is InChI=1S/C18H23FN4O2.C10H18N4O2.C8H5F/c1-18(2,3)25-17(24)22-10-8-15(9-11-22)23-12-16(20-21-23)13-4-6-14(19)7-5-13;1-10(2,3)16-9(15)14-6-4-8(5-7-14)12-13-11;1-2-7-3-5-8(9)6-4-7/h4-7,12,15H,8-11H2,1-3H3;8H,4-7H2,1-3H3;1,3-6H. The quantitative estimate of drug-likeness (QED) is 0.118. The predicted octanol–water partition coefficient (Wildman–Crippen LogP) is 8.16. The molecular formula is C36H46F2N8O4. The Morgan fingerprint density at radius 3 is 1.74 bits per heavy atom. The van der Waals surface area contributed by atoms with Gasteiger partial charge in [0, 0.05) is 48.3 Å². The first-order valence-corrected chi connectivity index (χ1v) is 16.5. The number of nitrogens with zero attached hydrogens (tertiary/aromatic N) is 8. The minimum absolute atomic E-state index is 0.0173. The molecule has 0 aliphatic carbocycles. The van der Waals surface area contributed by atoms with Crippen LogP contribution < -0.4 is 0 Å². The smallest absolute Gasteiger partial charge is 0.410 e. The minimum atomic E-state index is -0.482. The third-order valence-corrected chi connectivity index (χ3v) is 7.48. The topological polar surface area (TPSA) is 139 Å². The van der Waals surface area contributed by atoms with Crippen molar-refractivity contribution in [2.75, 3.05) is 26.2 Å². The van der Waals surface area contributed by atoms with Crippen LogP contribution in [0, 0.1) is 24.0 Å². The maximum Gasteiger partial charge on any atom is 0.410 e. The van der Waals surface area contributed by atoms with Crippen molar-refractivity contribution in [3.8, 4) is 23.6 Å². The first-order valence-electron chi connectivity index (χ1n) is 16.5. The zero-order valence-electron chi connectivity index (χ0n) is 29.6. The lowest BCUT2D eigenvalue weighted by Crippen LogP contribution is -2.42. The van der Waals surface area contributed by atoms with Gasteiger partial charge in [0.15, 0.2) is 0 Å². The van der Waals surface area contributed by atoms with E-state index in [9.17, 15) is 18.4 Å². The van der Waals surface area contributed by atoms with E-state index in [1.165, 1.54) is 24.3 Å². The van der Waals surface area contributed by atoms with Crippen molar-refractivity contribution in [1.29, 1.82) is 0 Å². The molecule has 0 saturated carbocycles. The van der Waals surface area contributed by atoms with E-state index in [1.54, 1.807) is 34.1 Å². The number of likely N-dealkylation sites (tertiary alicyclic amines) is 2. The van der Waals surface area contributed by atoms with Gasteiger partial charge >= 0.3 is 12.2 Å². The van der Waals surface area contributed by atoms with Gasteiger partial charge < -0.3 is 19.3 Å². The highest BCUT2D eigenvalue weighted by molar-refractivity contribution is 5.68. The van der Waals surface area contributed by atoms with E-state index in [0.29, 0.717) is 44.6 Å². The lowest BCUT2D eigenvalue weighted by molar-refractivity contribution is 0.0180. The summed E-state index contributed by atoms with van der Waals surface area (Å²) in [6, 6.07) is 12.2. The molecule has 2 amide bonds.